The van der Waals surface area contributed by atoms with Crippen LogP contribution in [0.3, 0.4) is 0 Å². The summed E-state index contributed by atoms with van der Waals surface area (Å²) in [6.07, 6.45) is 0.479. The summed E-state index contributed by atoms with van der Waals surface area (Å²) in [6, 6.07) is 7.27. The molecule has 1 aliphatic heterocycles. The molecule has 1 heterocycles. The van der Waals surface area contributed by atoms with E-state index in [2.05, 4.69) is 31.4 Å². The number of amides is 2. The highest BCUT2D eigenvalue weighted by Gasteiger charge is 2.28. The normalized spacial score (nSPS) is 19.7. The third-order valence-corrected chi connectivity index (χ3v) is 5.71. The van der Waals surface area contributed by atoms with Gasteiger partial charge in [-0.25, -0.2) is 13.2 Å². The molecule has 1 saturated heterocycles. The molecule has 134 valence electrons. The molecule has 1 atom stereocenters. The monoisotopic (exact) mass is 354 g/mol. The van der Waals surface area contributed by atoms with Crippen LogP contribution >= 0.6 is 0 Å². The third kappa shape index (κ3) is 5.70. The van der Waals surface area contributed by atoms with Crippen molar-refractivity contribution < 1.29 is 17.9 Å². The van der Waals surface area contributed by atoms with Gasteiger partial charge in [-0.15, -0.1) is 0 Å². The van der Waals surface area contributed by atoms with E-state index >= 15 is 0 Å². The number of sulfone groups is 1. The molecule has 7 heteroatoms. The quantitative estimate of drug-likeness (QED) is 0.791. The number of hydrogen-bond donors (Lipinski definition) is 2. The van der Waals surface area contributed by atoms with E-state index in [0.29, 0.717) is 19.6 Å². The first-order valence-electron chi connectivity index (χ1n) is 8.14. The minimum atomic E-state index is -2.98. The maximum atomic E-state index is 11.7. The Labute approximate surface area is 143 Å². The number of rotatable bonds is 5. The van der Waals surface area contributed by atoms with Crippen molar-refractivity contribution in [1.29, 1.82) is 0 Å². The van der Waals surface area contributed by atoms with E-state index in [1.807, 2.05) is 24.3 Å². The molecule has 6 nitrogen and oxygen atoms in total. The molecule has 2 amide bonds. The van der Waals surface area contributed by atoms with Crippen LogP contribution in [0.5, 0.6) is 5.75 Å². The zero-order valence-corrected chi connectivity index (χ0v) is 15.3. The first-order chi connectivity index (χ1) is 11.2. The average Bonchev–Trinajstić information content (AvgIpc) is 2.82. The van der Waals surface area contributed by atoms with Crippen LogP contribution in [-0.2, 0) is 15.3 Å². The van der Waals surface area contributed by atoms with Crippen molar-refractivity contribution in [2.75, 3.05) is 24.7 Å². The first kappa shape index (κ1) is 18.6. The van der Waals surface area contributed by atoms with Crippen molar-refractivity contribution in [2.24, 2.45) is 0 Å². The van der Waals surface area contributed by atoms with Crippen LogP contribution in [0.4, 0.5) is 4.79 Å². The summed E-state index contributed by atoms with van der Waals surface area (Å²) >= 11 is 0. The van der Waals surface area contributed by atoms with Crippen LogP contribution in [0.15, 0.2) is 24.3 Å². The molecule has 24 heavy (non-hydrogen) atoms. The molecule has 0 aliphatic carbocycles. The topological polar surface area (TPSA) is 84.5 Å². The van der Waals surface area contributed by atoms with Crippen LogP contribution in [0.2, 0.25) is 0 Å². The van der Waals surface area contributed by atoms with Crippen molar-refractivity contribution in [3.05, 3.63) is 29.8 Å². The Morgan fingerprint density at radius 1 is 1.25 bits per heavy atom. The number of nitrogens with one attached hydrogen (secondary N) is 2. The predicted octanol–water partition coefficient (Wildman–Crippen LogP) is 1.85. The lowest BCUT2D eigenvalue weighted by molar-refractivity contribution is 0.233. The number of urea groups is 1. The Morgan fingerprint density at radius 2 is 1.92 bits per heavy atom. The lowest BCUT2D eigenvalue weighted by Crippen LogP contribution is -2.43. The number of carbonyl (C=O) groups is 1. The fraction of sp³-hybridized carbons (Fsp3) is 0.588. The Balaban J connectivity index is 1.66. The molecule has 1 aromatic rings. The molecule has 0 bridgehead atoms. The van der Waals surface area contributed by atoms with Gasteiger partial charge >= 0.3 is 6.03 Å². The smallest absolute Gasteiger partial charge is 0.315 e. The maximum absolute atomic E-state index is 11.7. The Kier molecular flexibility index (Phi) is 5.74. The average molecular weight is 354 g/mol. The molecule has 0 spiro atoms. The van der Waals surface area contributed by atoms with Gasteiger partial charge in [0.1, 0.15) is 12.4 Å². The van der Waals surface area contributed by atoms with Gasteiger partial charge in [-0.3, -0.25) is 0 Å². The van der Waals surface area contributed by atoms with Crippen molar-refractivity contribution in [1.82, 2.24) is 10.6 Å². The second-order valence-electron chi connectivity index (χ2n) is 7.12. The van der Waals surface area contributed by atoms with Crippen molar-refractivity contribution in [3.8, 4) is 5.75 Å². The molecule has 1 unspecified atom stereocenters. The minimum Gasteiger partial charge on any atom is -0.492 e. The SMILES string of the molecule is CC(C)(C)c1ccc(OCCNC(=O)NC2CCS(=O)(=O)C2)cc1. The Hall–Kier alpha value is -1.76. The minimum absolute atomic E-state index is 0.0248. The summed E-state index contributed by atoms with van der Waals surface area (Å²) in [5.74, 6) is 0.926. The van der Waals surface area contributed by atoms with Crippen LogP contribution in [0.1, 0.15) is 32.8 Å². The lowest BCUT2D eigenvalue weighted by Gasteiger charge is -2.19. The van der Waals surface area contributed by atoms with Gasteiger partial charge in [0.05, 0.1) is 18.1 Å². The Bertz CT molecular complexity index is 663. The van der Waals surface area contributed by atoms with Crippen LogP contribution in [-0.4, -0.2) is 45.1 Å². The van der Waals surface area contributed by atoms with Gasteiger partial charge in [-0.2, -0.15) is 0 Å². The fourth-order valence-corrected chi connectivity index (χ4v) is 4.20. The highest BCUT2D eigenvalue weighted by atomic mass is 32.2. The summed E-state index contributed by atoms with van der Waals surface area (Å²) in [6.45, 7) is 7.17. The van der Waals surface area contributed by atoms with E-state index in [-0.39, 0.29) is 29.0 Å². The third-order valence-electron chi connectivity index (χ3n) is 3.94. The number of hydrogen-bond acceptors (Lipinski definition) is 4. The summed E-state index contributed by atoms with van der Waals surface area (Å²) in [7, 11) is -2.98. The van der Waals surface area contributed by atoms with E-state index < -0.39 is 9.84 Å². The van der Waals surface area contributed by atoms with E-state index in [1.54, 1.807) is 0 Å². The molecule has 0 saturated carbocycles. The number of benzene rings is 1. The molecule has 1 aromatic carbocycles. The van der Waals surface area contributed by atoms with Gasteiger partial charge in [-0.05, 0) is 29.5 Å². The van der Waals surface area contributed by atoms with Crippen LogP contribution < -0.4 is 15.4 Å². The van der Waals surface area contributed by atoms with Crippen molar-refractivity contribution >= 4 is 15.9 Å². The van der Waals surface area contributed by atoms with Crippen molar-refractivity contribution in [3.63, 3.8) is 0 Å². The van der Waals surface area contributed by atoms with E-state index in [9.17, 15) is 13.2 Å². The fourth-order valence-electron chi connectivity index (χ4n) is 2.53. The standard InChI is InChI=1S/C17H26N2O4S/c1-17(2,3)13-4-6-15(7-5-13)23-10-9-18-16(20)19-14-8-11-24(21,22)12-14/h4-7,14H,8-12H2,1-3H3,(H2,18,19,20). The second-order valence-corrected chi connectivity index (χ2v) is 9.35. The first-order valence-corrected chi connectivity index (χ1v) is 9.96. The predicted molar refractivity (Wildman–Crippen MR) is 94.2 cm³/mol. The molecule has 2 N–H and O–H groups in total. The molecule has 0 aromatic heterocycles. The lowest BCUT2D eigenvalue weighted by atomic mass is 9.87. The van der Waals surface area contributed by atoms with Gasteiger partial charge in [-0.1, -0.05) is 32.9 Å². The van der Waals surface area contributed by atoms with Crippen LogP contribution in [0, 0.1) is 0 Å². The van der Waals surface area contributed by atoms with Gasteiger partial charge in [0.25, 0.3) is 0 Å². The second kappa shape index (κ2) is 7.42. The summed E-state index contributed by atoms with van der Waals surface area (Å²) < 4.78 is 28.3. The molecule has 0 radical (unpaired) electrons. The van der Waals surface area contributed by atoms with E-state index in [0.717, 1.165) is 5.75 Å². The summed E-state index contributed by atoms with van der Waals surface area (Å²) in [5.41, 5.74) is 1.34. The molecule has 1 fully saturated rings. The number of ether oxygens (including phenoxy) is 1. The summed E-state index contributed by atoms with van der Waals surface area (Å²) in [4.78, 5) is 11.7. The Morgan fingerprint density at radius 3 is 2.46 bits per heavy atom. The van der Waals surface area contributed by atoms with Gasteiger partial charge in [0, 0.05) is 6.04 Å². The number of carbonyl (C=O) groups excluding carboxylic acids is 1. The van der Waals surface area contributed by atoms with Gasteiger partial charge < -0.3 is 15.4 Å². The molecular formula is C17H26N2O4S. The largest absolute Gasteiger partial charge is 0.492 e. The van der Waals surface area contributed by atoms with Gasteiger partial charge in [0.15, 0.2) is 9.84 Å². The van der Waals surface area contributed by atoms with Gasteiger partial charge in [0.2, 0.25) is 0 Å². The zero-order chi connectivity index (χ0) is 17.8. The van der Waals surface area contributed by atoms with E-state index in [4.69, 9.17) is 4.74 Å². The summed E-state index contributed by atoms with van der Waals surface area (Å²) in [5, 5.41) is 5.35. The highest BCUT2D eigenvalue weighted by Crippen LogP contribution is 2.24. The molecular weight excluding hydrogens is 328 g/mol. The molecule has 1 aliphatic rings. The maximum Gasteiger partial charge on any atom is 0.315 e. The van der Waals surface area contributed by atoms with Crippen molar-refractivity contribution in [2.45, 2.75) is 38.6 Å². The highest BCUT2D eigenvalue weighted by molar-refractivity contribution is 7.91. The zero-order valence-electron chi connectivity index (χ0n) is 14.5. The molecule has 2 rings (SSSR count). The van der Waals surface area contributed by atoms with E-state index in [1.165, 1.54) is 5.56 Å². The van der Waals surface area contributed by atoms with Crippen LogP contribution in [0.25, 0.3) is 0 Å².